The van der Waals surface area contributed by atoms with E-state index in [0.717, 1.165) is 35.6 Å². The number of nitrogens with one attached hydrogen (secondary N) is 1. The molecule has 0 spiro atoms. The molecule has 9 nitrogen and oxygen atoms in total. The van der Waals surface area contributed by atoms with E-state index in [1.54, 1.807) is 30.3 Å². The van der Waals surface area contributed by atoms with Crippen molar-refractivity contribution in [3.05, 3.63) is 83.1 Å². The van der Waals surface area contributed by atoms with E-state index in [1.807, 2.05) is 0 Å². The molecule has 0 aliphatic rings. The maximum Gasteiger partial charge on any atom is 0.573 e. The Morgan fingerprint density at radius 1 is 1.02 bits per heavy atom. The number of thiazole rings is 1. The average Bonchev–Trinajstić information content (AvgIpc) is 3.26. The fraction of sp³-hybridized carbons (Fsp3) is 0.200. The number of sulfonamides is 1. The van der Waals surface area contributed by atoms with Crippen LogP contribution in [0, 0.1) is 5.82 Å². The number of aromatic nitrogens is 1. The van der Waals surface area contributed by atoms with E-state index in [4.69, 9.17) is 5.14 Å². The number of fused-ring (bicyclic) bond motifs is 1. The second-order valence-electron chi connectivity index (χ2n) is 8.75. The highest BCUT2D eigenvalue weighted by molar-refractivity contribution is 7.91. The van der Waals surface area contributed by atoms with Gasteiger partial charge in [0.25, 0.3) is 0 Å². The van der Waals surface area contributed by atoms with Crippen LogP contribution >= 0.6 is 11.3 Å². The van der Waals surface area contributed by atoms with Crippen molar-refractivity contribution in [2.45, 2.75) is 17.4 Å². The summed E-state index contributed by atoms with van der Waals surface area (Å²) in [4.78, 5) is 17.4. The second-order valence-corrected chi connectivity index (χ2v) is 13.6. The number of nitrogens with zero attached hydrogens (tertiary/aromatic N) is 1. The van der Waals surface area contributed by atoms with E-state index < -0.39 is 67.0 Å². The van der Waals surface area contributed by atoms with Crippen LogP contribution in [0.3, 0.4) is 0 Å². The summed E-state index contributed by atoms with van der Waals surface area (Å²) in [5.41, 5.74) is 1.18. The molecular weight excluding hydrogens is 610 g/mol. The number of primary sulfonamides is 1. The first-order valence-electron chi connectivity index (χ1n) is 11.6. The molecule has 0 aliphatic heterocycles. The van der Waals surface area contributed by atoms with Gasteiger partial charge in [-0.2, -0.15) is 0 Å². The molecular formula is C25H21F4N3O6S3. The molecule has 1 aromatic heterocycles. The van der Waals surface area contributed by atoms with E-state index >= 15 is 0 Å². The Hall–Kier alpha value is -3.60. The number of halogens is 4. The van der Waals surface area contributed by atoms with Gasteiger partial charge < -0.3 is 10.1 Å². The van der Waals surface area contributed by atoms with Crippen molar-refractivity contribution >= 4 is 47.3 Å². The number of amides is 1. The van der Waals surface area contributed by atoms with Crippen molar-refractivity contribution in [2.75, 3.05) is 12.3 Å². The van der Waals surface area contributed by atoms with E-state index in [0.29, 0.717) is 21.3 Å². The molecule has 16 heteroatoms. The van der Waals surface area contributed by atoms with E-state index in [2.05, 4.69) is 15.0 Å². The SMILES string of the molecule is NS(=O)(=O)CCNC(=O)C(c1nc2ccc(-c3ccccc3F)cc2s1)S(=O)(=O)Cc1ccc(OC(F)(F)F)cc1. The first-order chi connectivity index (χ1) is 19.1. The molecule has 218 valence electrons. The number of hydrogen-bond donors (Lipinski definition) is 2. The molecule has 0 saturated carbocycles. The third-order valence-electron chi connectivity index (χ3n) is 5.62. The number of nitrogens with two attached hydrogens (primary N) is 1. The number of ether oxygens (including phenoxy) is 1. The molecule has 1 atom stereocenters. The van der Waals surface area contributed by atoms with Crippen LogP contribution in [0.4, 0.5) is 17.6 Å². The highest BCUT2D eigenvalue weighted by Crippen LogP contribution is 2.35. The monoisotopic (exact) mass is 631 g/mol. The summed E-state index contributed by atoms with van der Waals surface area (Å²) >= 11 is 0.872. The van der Waals surface area contributed by atoms with Crippen LogP contribution in [0.15, 0.2) is 66.7 Å². The maximum absolute atomic E-state index is 14.3. The fourth-order valence-electron chi connectivity index (χ4n) is 3.86. The van der Waals surface area contributed by atoms with Crippen LogP contribution in [0.25, 0.3) is 21.3 Å². The maximum atomic E-state index is 14.3. The van der Waals surface area contributed by atoms with Gasteiger partial charge >= 0.3 is 6.36 Å². The van der Waals surface area contributed by atoms with Crippen molar-refractivity contribution in [2.24, 2.45) is 5.14 Å². The Morgan fingerprint density at radius 3 is 2.34 bits per heavy atom. The topological polar surface area (TPSA) is 146 Å². The number of alkyl halides is 3. The molecule has 0 saturated heterocycles. The van der Waals surface area contributed by atoms with Gasteiger partial charge in [-0.1, -0.05) is 36.4 Å². The summed E-state index contributed by atoms with van der Waals surface area (Å²) in [6, 6.07) is 14.8. The summed E-state index contributed by atoms with van der Waals surface area (Å²) < 4.78 is 106. The summed E-state index contributed by atoms with van der Waals surface area (Å²) in [6.07, 6.45) is -4.94. The first-order valence-corrected chi connectivity index (χ1v) is 15.9. The Balaban J connectivity index is 1.68. The lowest BCUT2D eigenvalue weighted by Gasteiger charge is -2.16. The average molecular weight is 632 g/mol. The predicted octanol–water partition coefficient (Wildman–Crippen LogP) is 4.06. The Morgan fingerprint density at radius 2 is 1.71 bits per heavy atom. The van der Waals surface area contributed by atoms with Gasteiger partial charge in [0.15, 0.2) is 15.1 Å². The zero-order valence-corrected chi connectivity index (χ0v) is 23.2. The Labute approximate surface area is 235 Å². The zero-order chi connectivity index (χ0) is 30.0. The van der Waals surface area contributed by atoms with Crippen molar-refractivity contribution in [3.63, 3.8) is 0 Å². The standard InChI is InChI=1S/C25H21F4N3O6S3/c26-19-4-2-1-3-18(19)16-7-10-20-21(13-16)39-24(32-20)22(23(33)31-11-12-41(30,36)37)40(34,35)14-15-5-8-17(9-6-15)38-25(27,28)29/h1-10,13,22H,11-12,14H2,(H,31,33)(H2,30,36,37). The van der Waals surface area contributed by atoms with Gasteiger partial charge in [0.2, 0.25) is 15.9 Å². The van der Waals surface area contributed by atoms with Crippen LogP contribution in [0.5, 0.6) is 5.75 Å². The number of hydrogen-bond acceptors (Lipinski definition) is 8. The molecule has 0 fully saturated rings. The number of sulfone groups is 1. The Kier molecular flexibility index (Phi) is 8.67. The fourth-order valence-corrected chi connectivity index (χ4v) is 7.41. The van der Waals surface area contributed by atoms with E-state index in [1.165, 1.54) is 12.1 Å². The molecule has 0 bridgehead atoms. The van der Waals surface area contributed by atoms with Gasteiger partial charge in [-0.05, 0) is 41.5 Å². The normalized spacial score (nSPS) is 13.2. The summed E-state index contributed by atoms with van der Waals surface area (Å²) in [5, 5.41) is 5.16. The van der Waals surface area contributed by atoms with Gasteiger partial charge in [0.05, 0.1) is 21.7 Å². The smallest absolute Gasteiger partial charge is 0.406 e. The zero-order valence-electron chi connectivity index (χ0n) is 20.8. The first kappa shape index (κ1) is 30.4. The van der Waals surface area contributed by atoms with Crippen molar-refractivity contribution in [1.82, 2.24) is 10.3 Å². The third kappa shape index (κ3) is 8.00. The highest BCUT2D eigenvalue weighted by atomic mass is 32.2. The second kappa shape index (κ2) is 11.7. The lowest BCUT2D eigenvalue weighted by Crippen LogP contribution is -2.37. The molecule has 41 heavy (non-hydrogen) atoms. The molecule has 0 radical (unpaired) electrons. The minimum atomic E-state index is -4.94. The lowest BCUT2D eigenvalue weighted by molar-refractivity contribution is -0.274. The number of rotatable bonds is 10. The highest BCUT2D eigenvalue weighted by Gasteiger charge is 2.37. The van der Waals surface area contributed by atoms with Crippen LogP contribution in [0.2, 0.25) is 0 Å². The number of benzene rings is 3. The largest absolute Gasteiger partial charge is 0.573 e. The summed E-state index contributed by atoms with van der Waals surface area (Å²) in [7, 11) is -8.39. The van der Waals surface area contributed by atoms with Gasteiger partial charge in [-0.15, -0.1) is 24.5 Å². The third-order valence-corrected chi connectivity index (χ3v) is 9.52. The lowest BCUT2D eigenvalue weighted by atomic mass is 10.1. The van der Waals surface area contributed by atoms with Crippen LogP contribution in [-0.4, -0.2) is 46.4 Å². The van der Waals surface area contributed by atoms with Crippen molar-refractivity contribution < 1.29 is 43.9 Å². The molecule has 4 aromatic rings. The van der Waals surface area contributed by atoms with Crippen molar-refractivity contribution in [3.8, 4) is 16.9 Å². The number of carbonyl (C=O) groups excluding carboxylic acids is 1. The van der Waals surface area contributed by atoms with Gasteiger partial charge in [0, 0.05) is 12.1 Å². The molecule has 1 amide bonds. The minimum absolute atomic E-state index is 0.0600. The van der Waals surface area contributed by atoms with Crippen LogP contribution in [-0.2, 0) is 30.4 Å². The molecule has 1 heterocycles. The van der Waals surface area contributed by atoms with Gasteiger partial charge in [-0.25, -0.2) is 31.3 Å². The van der Waals surface area contributed by atoms with E-state index in [9.17, 15) is 39.2 Å². The Bertz CT molecular complexity index is 1790. The quantitative estimate of drug-likeness (QED) is 0.251. The van der Waals surface area contributed by atoms with Gasteiger partial charge in [-0.3, -0.25) is 4.79 Å². The van der Waals surface area contributed by atoms with Crippen LogP contribution in [0.1, 0.15) is 15.8 Å². The predicted molar refractivity (Wildman–Crippen MR) is 144 cm³/mol. The molecule has 3 N–H and O–H groups in total. The number of carbonyl (C=O) groups is 1. The van der Waals surface area contributed by atoms with Gasteiger partial charge in [0.1, 0.15) is 16.6 Å². The van der Waals surface area contributed by atoms with Crippen molar-refractivity contribution in [1.29, 1.82) is 0 Å². The minimum Gasteiger partial charge on any atom is -0.406 e. The van der Waals surface area contributed by atoms with E-state index in [-0.39, 0.29) is 10.6 Å². The molecule has 0 aliphatic carbocycles. The molecule has 4 rings (SSSR count). The summed E-state index contributed by atoms with van der Waals surface area (Å²) in [5.74, 6) is -3.52. The molecule has 3 aromatic carbocycles. The van der Waals surface area contributed by atoms with Crippen LogP contribution < -0.4 is 15.2 Å². The molecule has 1 unspecified atom stereocenters. The summed E-state index contributed by atoms with van der Waals surface area (Å²) in [6.45, 7) is -0.477.